The van der Waals surface area contributed by atoms with E-state index >= 15 is 0 Å². The van der Waals surface area contributed by atoms with Crippen LogP contribution in [0.15, 0.2) is 0 Å². The molecule has 68 valence electrons. The van der Waals surface area contributed by atoms with Gasteiger partial charge in [-0.15, -0.1) is 0 Å². The summed E-state index contributed by atoms with van der Waals surface area (Å²) in [5.74, 6) is 0. The fraction of sp³-hybridized carbons (Fsp3) is 1.00. The highest BCUT2D eigenvalue weighted by Crippen LogP contribution is 2.44. The van der Waals surface area contributed by atoms with Gasteiger partial charge in [-0.05, 0) is 32.1 Å². The molecule has 2 heterocycles. The Morgan fingerprint density at radius 2 is 1.33 bits per heavy atom. The molecule has 2 bridgehead atoms. The maximum absolute atomic E-state index is 2.86. The molecule has 4 aliphatic rings. The minimum atomic E-state index is 1.00. The molecule has 2 saturated heterocycles. The van der Waals surface area contributed by atoms with Gasteiger partial charge in [-0.2, -0.15) is 0 Å². The molecule has 1 heteroatoms. The van der Waals surface area contributed by atoms with Crippen LogP contribution in [0.2, 0.25) is 0 Å². The van der Waals surface area contributed by atoms with Gasteiger partial charge in [0.15, 0.2) is 0 Å². The smallest absolute Gasteiger partial charge is 0.0117 e. The summed E-state index contributed by atoms with van der Waals surface area (Å²) in [6.45, 7) is 0. The molecule has 0 N–H and O–H groups in total. The third kappa shape index (κ3) is 0.953. The highest BCUT2D eigenvalue weighted by molar-refractivity contribution is 5.03. The standard InChI is InChI=1S/C11H19N/c1-2-4-9(5-3-1)12-10-6-7-11(12)8-10/h9-11H,1-8H2. The van der Waals surface area contributed by atoms with Crippen LogP contribution in [0, 0.1) is 0 Å². The Labute approximate surface area is 75.1 Å². The van der Waals surface area contributed by atoms with Gasteiger partial charge < -0.3 is 0 Å². The molecule has 0 aromatic rings. The van der Waals surface area contributed by atoms with Gasteiger partial charge in [0.1, 0.15) is 0 Å². The van der Waals surface area contributed by atoms with Crippen molar-refractivity contribution in [1.29, 1.82) is 0 Å². The molecule has 2 saturated carbocycles. The molecule has 1 nitrogen and oxygen atoms in total. The lowest BCUT2D eigenvalue weighted by molar-refractivity contribution is 0.0132. The molecule has 12 heavy (non-hydrogen) atoms. The van der Waals surface area contributed by atoms with Crippen LogP contribution < -0.4 is 0 Å². The second-order valence-electron chi connectivity index (χ2n) is 4.86. The van der Waals surface area contributed by atoms with Crippen molar-refractivity contribution in [3.63, 3.8) is 0 Å². The number of nitrogens with zero attached hydrogens (tertiary/aromatic N) is 1. The van der Waals surface area contributed by atoms with Gasteiger partial charge in [0, 0.05) is 18.1 Å². The van der Waals surface area contributed by atoms with E-state index in [1.54, 1.807) is 0 Å². The Bertz CT molecular complexity index is 158. The molecule has 2 aliphatic heterocycles. The zero-order chi connectivity index (χ0) is 7.97. The van der Waals surface area contributed by atoms with Crippen LogP contribution in [-0.4, -0.2) is 23.0 Å². The summed E-state index contributed by atoms with van der Waals surface area (Å²) in [7, 11) is 0. The molecule has 2 aliphatic carbocycles. The average Bonchev–Trinajstić information content (AvgIpc) is 2.66. The fourth-order valence-electron chi connectivity index (χ4n) is 3.61. The first-order valence-corrected chi connectivity index (χ1v) is 5.72. The monoisotopic (exact) mass is 165 g/mol. The molecule has 0 spiro atoms. The van der Waals surface area contributed by atoms with Crippen LogP contribution in [0.25, 0.3) is 0 Å². The topological polar surface area (TPSA) is 3.24 Å². The summed E-state index contributed by atoms with van der Waals surface area (Å²) >= 11 is 0. The first-order chi connectivity index (χ1) is 5.95. The molecule has 0 amide bonds. The van der Waals surface area contributed by atoms with Gasteiger partial charge in [-0.1, -0.05) is 19.3 Å². The van der Waals surface area contributed by atoms with E-state index in [1.165, 1.54) is 51.4 Å². The minimum absolute atomic E-state index is 1.00. The van der Waals surface area contributed by atoms with E-state index in [1.807, 2.05) is 0 Å². The Kier molecular flexibility index (Phi) is 1.68. The average molecular weight is 165 g/mol. The fourth-order valence-corrected chi connectivity index (χ4v) is 3.61. The summed E-state index contributed by atoms with van der Waals surface area (Å²) < 4.78 is 0. The largest absolute Gasteiger partial charge is 0.294 e. The predicted molar refractivity (Wildman–Crippen MR) is 50.1 cm³/mol. The molecule has 0 aromatic carbocycles. The molecular formula is C11H19N. The van der Waals surface area contributed by atoms with Crippen molar-refractivity contribution in [1.82, 2.24) is 4.90 Å². The maximum Gasteiger partial charge on any atom is 0.0117 e. The number of hydrogen-bond donors (Lipinski definition) is 0. The second-order valence-corrected chi connectivity index (χ2v) is 4.86. The SMILES string of the molecule is C1CCC(N2C3CCC2C3)CC1. The lowest BCUT2D eigenvalue weighted by Gasteiger charge is -2.47. The number of fused-ring (bicyclic) bond motifs is 1. The first kappa shape index (κ1) is 7.37. The Balaban J connectivity index is 1.65. The van der Waals surface area contributed by atoms with E-state index in [4.69, 9.17) is 0 Å². The molecule has 0 aromatic heterocycles. The van der Waals surface area contributed by atoms with Crippen molar-refractivity contribution in [2.45, 2.75) is 69.5 Å². The minimum Gasteiger partial charge on any atom is -0.294 e. The third-order valence-corrected chi connectivity index (χ3v) is 4.22. The van der Waals surface area contributed by atoms with Crippen LogP contribution in [-0.2, 0) is 0 Å². The van der Waals surface area contributed by atoms with E-state index in [0.29, 0.717) is 0 Å². The lowest BCUT2D eigenvalue weighted by atomic mass is 9.89. The number of rotatable bonds is 1. The molecule has 4 fully saturated rings. The van der Waals surface area contributed by atoms with E-state index in [-0.39, 0.29) is 0 Å². The van der Waals surface area contributed by atoms with Gasteiger partial charge >= 0.3 is 0 Å². The lowest BCUT2D eigenvalue weighted by Crippen LogP contribution is -2.54. The Hall–Kier alpha value is -0.0400. The van der Waals surface area contributed by atoms with E-state index in [0.717, 1.165) is 18.1 Å². The van der Waals surface area contributed by atoms with Crippen molar-refractivity contribution in [2.75, 3.05) is 0 Å². The second kappa shape index (κ2) is 2.73. The number of hydrogen-bond acceptors (Lipinski definition) is 1. The van der Waals surface area contributed by atoms with E-state index in [9.17, 15) is 0 Å². The Morgan fingerprint density at radius 1 is 0.667 bits per heavy atom. The normalized spacial score (nSPS) is 43.0. The maximum atomic E-state index is 2.86. The summed E-state index contributed by atoms with van der Waals surface area (Å²) in [5, 5.41) is 0. The van der Waals surface area contributed by atoms with Crippen molar-refractivity contribution in [3.05, 3.63) is 0 Å². The van der Waals surface area contributed by atoms with Gasteiger partial charge in [-0.3, -0.25) is 4.90 Å². The summed E-state index contributed by atoms with van der Waals surface area (Å²) in [6.07, 6.45) is 12.1. The quantitative estimate of drug-likeness (QED) is 0.577. The zero-order valence-corrected chi connectivity index (χ0v) is 7.84. The van der Waals surface area contributed by atoms with Crippen molar-refractivity contribution in [3.8, 4) is 0 Å². The molecular weight excluding hydrogens is 146 g/mol. The van der Waals surface area contributed by atoms with Crippen molar-refractivity contribution >= 4 is 0 Å². The van der Waals surface area contributed by atoms with Crippen molar-refractivity contribution in [2.24, 2.45) is 0 Å². The van der Waals surface area contributed by atoms with Gasteiger partial charge in [0.2, 0.25) is 0 Å². The van der Waals surface area contributed by atoms with E-state index in [2.05, 4.69) is 4.90 Å². The summed E-state index contributed by atoms with van der Waals surface area (Å²) in [4.78, 5) is 2.86. The van der Waals surface area contributed by atoms with Crippen LogP contribution in [0.4, 0.5) is 0 Å². The highest BCUT2D eigenvalue weighted by Gasteiger charge is 2.47. The predicted octanol–water partition coefficient (Wildman–Crippen LogP) is 2.56. The van der Waals surface area contributed by atoms with Crippen LogP contribution in [0.1, 0.15) is 51.4 Å². The van der Waals surface area contributed by atoms with Crippen LogP contribution in [0.5, 0.6) is 0 Å². The summed E-state index contributed by atoms with van der Waals surface area (Å²) in [5.41, 5.74) is 0. The van der Waals surface area contributed by atoms with Gasteiger partial charge in [0.05, 0.1) is 0 Å². The first-order valence-electron chi connectivity index (χ1n) is 5.72. The summed E-state index contributed by atoms with van der Waals surface area (Å²) in [6, 6.07) is 3.06. The van der Waals surface area contributed by atoms with Crippen LogP contribution in [0.3, 0.4) is 0 Å². The van der Waals surface area contributed by atoms with E-state index < -0.39 is 0 Å². The van der Waals surface area contributed by atoms with Gasteiger partial charge in [0.25, 0.3) is 0 Å². The molecule has 2 unspecified atom stereocenters. The highest BCUT2D eigenvalue weighted by atomic mass is 15.3. The zero-order valence-electron chi connectivity index (χ0n) is 7.84. The van der Waals surface area contributed by atoms with Crippen LogP contribution >= 0.6 is 0 Å². The molecule has 2 atom stereocenters. The van der Waals surface area contributed by atoms with Crippen molar-refractivity contribution < 1.29 is 0 Å². The Morgan fingerprint density at radius 3 is 1.92 bits per heavy atom. The molecule has 0 radical (unpaired) electrons. The third-order valence-electron chi connectivity index (χ3n) is 4.22. The molecule has 4 rings (SSSR count). The van der Waals surface area contributed by atoms with Gasteiger partial charge in [-0.25, -0.2) is 0 Å².